The summed E-state index contributed by atoms with van der Waals surface area (Å²) in [6.45, 7) is 0.900. The molecule has 3 rings (SSSR count). The van der Waals surface area contributed by atoms with Crippen LogP contribution in [0.3, 0.4) is 0 Å². The van der Waals surface area contributed by atoms with E-state index in [1.54, 1.807) is 23.1 Å². The highest BCUT2D eigenvalue weighted by atomic mass is 19.1. The summed E-state index contributed by atoms with van der Waals surface area (Å²) in [6, 6.07) is 25.2. The average molecular weight is 364 g/mol. The van der Waals surface area contributed by atoms with Gasteiger partial charge in [0, 0.05) is 5.69 Å². The first-order valence-electron chi connectivity index (χ1n) is 8.76. The number of anilines is 1. The number of rotatable bonds is 7. The first-order chi connectivity index (χ1) is 13.2. The number of ether oxygens (including phenoxy) is 1. The summed E-state index contributed by atoms with van der Waals surface area (Å²) >= 11 is 0. The lowest BCUT2D eigenvalue weighted by Crippen LogP contribution is -2.41. The lowest BCUT2D eigenvalue weighted by molar-refractivity contribution is 0.240. The number of carbonyl (C=O) groups excluding carboxylic acids is 1. The fraction of sp³-hybridized carbons (Fsp3) is 0.136. The third-order valence-corrected chi connectivity index (χ3v) is 3.97. The van der Waals surface area contributed by atoms with E-state index in [0.29, 0.717) is 6.54 Å². The van der Waals surface area contributed by atoms with Crippen LogP contribution >= 0.6 is 0 Å². The van der Waals surface area contributed by atoms with E-state index < -0.39 is 5.82 Å². The van der Waals surface area contributed by atoms with Crippen LogP contribution in [0.1, 0.15) is 5.56 Å². The number of urea groups is 1. The van der Waals surface area contributed by atoms with Crippen LogP contribution in [0, 0.1) is 5.82 Å². The maximum Gasteiger partial charge on any atom is 0.322 e. The van der Waals surface area contributed by atoms with Crippen molar-refractivity contribution in [1.82, 2.24) is 5.32 Å². The van der Waals surface area contributed by atoms with Crippen LogP contribution in [0.4, 0.5) is 14.9 Å². The highest BCUT2D eigenvalue weighted by Gasteiger charge is 2.15. The first-order valence-corrected chi connectivity index (χ1v) is 8.76. The molecule has 3 aromatic carbocycles. The molecule has 0 aliphatic heterocycles. The molecule has 0 spiro atoms. The van der Waals surface area contributed by atoms with Gasteiger partial charge in [-0.1, -0.05) is 60.7 Å². The van der Waals surface area contributed by atoms with Crippen molar-refractivity contribution < 1.29 is 13.9 Å². The van der Waals surface area contributed by atoms with Crippen LogP contribution in [0.5, 0.6) is 5.75 Å². The van der Waals surface area contributed by atoms with E-state index in [4.69, 9.17) is 4.74 Å². The van der Waals surface area contributed by atoms with Crippen molar-refractivity contribution >= 4 is 11.7 Å². The minimum absolute atomic E-state index is 0.177. The third kappa shape index (κ3) is 5.31. The van der Waals surface area contributed by atoms with Crippen LogP contribution in [0.2, 0.25) is 0 Å². The Morgan fingerprint density at radius 2 is 1.52 bits per heavy atom. The number of para-hydroxylation sites is 2. The maximum atomic E-state index is 13.5. The van der Waals surface area contributed by atoms with Gasteiger partial charge in [-0.2, -0.15) is 0 Å². The van der Waals surface area contributed by atoms with Crippen molar-refractivity contribution in [2.45, 2.75) is 6.54 Å². The van der Waals surface area contributed by atoms with Crippen molar-refractivity contribution in [2.24, 2.45) is 0 Å². The van der Waals surface area contributed by atoms with Crippen LogP contribution in [0.25, 0.3) is 0 Å². The summed E-state index contributed by atoms with van der Waals surface area (Å²) in [4.78, 5) is 14.4. The fourth-order valence-corrected chi connectivity index (χ4v) is 2.63. The highest BCUT2D eigenvalue weighted by molar-refractivity contribution is 5.91. The number of hydrogen-bond donors (Lipinski definition) is 1. The van der Waals surface area contributed by atoms with Gasteiger partial charge in [-0.15, -0.1) is 0 Å². The van der Waals surface area contributed by atoms with Crippen molar-refractivity contribution in [3.8, 4) is 5.75 Å². The number of carbonyl (C=O) groups is 1. The molecule has 138 valence electrons. The highest BCUT2D eigenvalue weighted by Crippen LogP contribution is 2.17. The van der Waals surface area contributed by atoms with Gasteiger partial charge in [0.05, 0.1) is 13.1 Å². The summed E-state index contributed by atoms with van der Waals surface area (Å²) in [7, 11) is 0. The Balaban J connectivity index is 1.60. The maximum absolute atomic E-state index is 13.5. The molecule has 0 aliphatic rings. The summed E-state index contributed by atoms with van der Waals surface area (Å²) in [5.41, 5.74) is 1.83. The van der Waals surface area contributed by atoms with Gasteiger partial charge < -0.3 is 10.1 Å². The number of nitrogens with one attached hydrogen (secondary N) is 1. The Labute approximate surface area is 158 Å². The van der Waals surface area contributed by atoms with Crippen LogP contribution in [-0.4, -0.2) is 19.2 Å². The average Bonchev–Trinajstić information content (AvgIpc) is 2.72. The van der Waals surface area contributed by atoms with Gasteiger partial charge in [0.1, 0.15) is 6.61 Å². The topological polar surface area (TPSA) is 41.6 Å². The Hall–Kier alpha value is -3.34. The molecule has 0 unspecified atom stereocenters. The SMILES string of the molecule is O=C(NCCOc1ccccc1F)N(Cc1ccccc1)c1ccccc1. The lowest BCUT2D eigenvalue weighted by Gasteiger charge is -2.23. The van der Waals surface area contributed by atoms with E-state index in [2.05, 4.69) is 5.32 Å². The van der Waals surface area contributed by atoms with Gasteiger partial charge in [-0.25, -0.2) is 9.18 Å². The molecule has 2 amide bonds. The molecule has 0 fully saturated rings. The van der Waals surface area contributed by atoms with Gasteiger partial charge in [0.25, 0.3) is 0 Å². The van der Waals surface area contributed by atoms with Gasteiger partial charge in [0.2, 0.25) is 0 Å². The van der Waals surface area contributed by atoms with E-state index in [0.717, 1.165) is 11.3 Å². The minimum Gasteiger partial charge on any atom is -0.489 e. The third-order valence-electron chi connectivity index (χ3n) is 3.97. The first kappa shape index (κ1) is 18.5. The number of benzene rings is 3. The van der Waals surface area contributed by atoms with E-state index in [9.17, 15) is 9.18 Å². The molecule has 27 heavy (non-hydrogen) atoms. The summed E-state index contributed by atoms with van der Waals surface area (Å²) in [5, 5.41) is 2.83. The van der Waals surface area contributed by atoms with E-state index >= 15 is 0 Å². The molecule has 0 heterocycles. The number of halogens is 1. The molecular weight excluding hydrogens is 343 g/mol. The van der Waals surface area contributed by atoms with Crippen molar-refractivity contribution in [3.05, 3.63) is 96.3 Å². The van der Waals surface area contributed by atoms with E-state index in [-0.39, 0.29) is 24.9 Å². The van der Waals surface area contributed by atoms with Crippen LogP contribution in [-0.2, 0) is 6.54 Å². The smallest absolute Gasteiger partial charge is 0.322 e. The molecule has 1 N–H and O–H groups in total. The molecule has 5 heteroatoms. The predicted octanol–water partition coefficient (Wildman–Crippen LogP) is 4.62. The largest absolute Gasteiger partial charge is 0.489 e. The molecule has 3 aromatic rings. The minimum atomic E-state index is -0.418. The van der Waals surface area contributed by atoms with Crippen molar-refractivity contribution in [3.63, 3.8) is 0 Å². The molecule has 0 saturated carbocycles. The van der Waals surface area contributed by atoms with E-state index in [1.807, 2.05) is 60.7 Å². The van der Waals surface area contributed by atoms with Gasteiger partial charge in [-0.3, -0.25) is 4.90 Å². The fourth-order valence-electron chi connectivity index (χ4n) is 2.63. The van der Waals surface area contributed by atoms with Gasteiger partial charge in [0.15, 0.2) is 11.6 Å². The molecule has 0 bridgehead atoms. The second kappa shape index (κ2) is 9.38. The quantitative estimate of drug-likeness (QED) is 0.622. The molecule has 4 nitrogen and oxygen atoms in total. The molecule has 0 atom stereocenters. The predicted molar refractivity (Wildman–Crippen MR) is 104 cm³/mol. The van der Waals surface area contributed by atoms with Gasteiger partial charge in [-0.05, 0) is 29.8 Å². The molecule has 0 aromatic heterocycles. The summed E-state index contributed by atoms with van der Waals surface area (Å²) < 4.78 is 18.9. The van der Waals surface area contributed by atoms with E-state index in [1.165, 1.54) is 6.07 Å². The number of nitrogens with zero attached hydrogens (tertiary/aromatic N) is 1. The Morgan fingerprint density at radius 1 is 0.889 bits per heavy atom. The second-order valence-electron chi connectivity index (χ2n) is 5.92. The number of hydrogen-bond acceptors (Lipinski definition) is 2. The second-order valence-corrected chi connectivity index (χ2v) is 5.92. The Bertz CT molecular complexity index is 856. The Morgan fingerprint density at radius 3 is 2.22 bits per heavy atom. The zero-order valence-corrected chi connectivity index (χ0v) is 14.8. The van der Waals surface area contributed by atoms with Crippen LogP contribution < -0.4 is 15.0 Å². The normalized spacial score (nSPS) is 10.3. The summed E-state index contributed by atoms with van der Waals surface area (Å²) in [6.07, 6.45) is 0. The van der Waals surface area contributed by atoms with Gasteiger partial charge >= 0.3 is 6.03 Å². The standard InChI is InChI=1S/C22H21FN2O2/c23-20-13-7-8-14-21(20)27-16-15-24-22(26)25(19-11-5-2-6-12-19)17-18-9-3-1-4-10-18/h1-14H,15-17H2,(H,24,26). The molecule has 0 aliphatic carbocycles. The van der Waals surface area contributed by atoms with Crippen LogP contribution in [0.15, 0.2) is 84.9 Å². The Kier molecular flexibility index (Phi) is 6.41. The molecule has 0 radical (unpaired) electrons. The molecule has 0 saturated heterocycles. The zero-order chi connectivity index (χ0) is 18.9. The number of amides is 2. The van der Waals surface area contributed by atoms with Crippen molar-refractivity contribution in [2.75, 3.05) is 18.1 Å². The molecular formula is C22H21FN2O2. The lowest BCUT2D eigenvalue weighted by atomic mass is 10.2. The zero-order valence-electron chi connectivity index (χ0n) is 14.8. The summed E-state index contributed by atoms with van der Waals surface area (Å²) in [5.74, 6) is -0.241. The van der Waals surface area contributed by atoms with Crippen molar-refractivity contribution in [1.29, 1.82) is 0 Å². The monoisotopic (exact) mass is 364 g/mol.